The minimum atomic E-state index is -1.19. The molecule has 0 aliphatic carbocycles. The minimum Gasteiger partial charge on any atom is -0.480 e. The Hall–Kier alpha value is -4.15. The molecule has 1 amide bonds. The van der Waals surface area contributed by atoms with Crippen molar-refractivity contribution in [2.75, 3.05) is 5.32 Å². The van der Waals surface area contributed by atoms with E-state index in [0.29, 0.717) is 17.8 Å². The van der Waals surface area contributed by atoms with E-state index in [-0.39, 0.29) is 60.3 Å². The van der Waals surface area contributed by atoms with E-state index in [1.165, 1.54) is 6.20 Å². The number of aliphatic imine (C=N–C) groups is 1. The number of hydrogen-bond donors (Lipinski definition) is 4. The van der Waals surface area contributed by atoms with Gasteiger partial charge in [0.15, 0.2) is 17.3 Å². The predicted molar refractivity (Wildman–Crippen MR) is 119 cm³/mol. The van der Waals surface area contributed by atoms with Crippen LogP contribution in [0.1, 0.15) is 59.1 Å². The zero-order valence-electron chi connectivity index (χ0n) is 18.0. The molecule has 1 atom stereocenters. The van der Waals surface area contributed by atoms with Crippen molar-refractivity contribution < 1.29 is 24.3 Å². The second-order valence-electron chi connectivity index (χ2n) is 7.46. The van der Waals surface area contributed by atoms with Gasteiger partial charge in [-0.05, 0) is 30.7 Å². The molecule has 11 nitrogen and oxygen atoms in total. The number of nitrogens with one attached hydrogen (secondary N) is 2. The quantitative estimate of drug-likeness (QED) is 0.417. The summed E-state index contributed by atoms with van der Waals surface area (Å²) in [5, 5.41) is 14.9. The Morgan fingerprint density at radius 1 is 1.21 bits per heavy atom. The fourth-order valence-electron chi connectivity index (χ4n) is 3.11. The van der Waals surface area contributed by atoms with Crippen molar-refractivity contribution in [3.8, 4) is 0 Å². The van der Waals surface area contributed by atoms with Crippen LogP contribution >= 0.6 is 0 Å². The van der Waals surface area contributed by atoms with E-state index in [9.17, 15) is 24.3 Å². The number of nitrogens with zero attached hydrogens (tertiary/aromatic N) is 3. The second kappa shape index (κ2) is 10.4. The molecule has 0 radical (unpaired) electrons. The third-order valence-corrected chi connectivity index (χ3v) is 4.99. The summed E-state index contributed by atoms with van der Waals surface area (Å²) >= 11 is 0. The Balaban J connectivity index is 1.58. The third kappa shape index (κ3) is 6.19. The normalized spacial score (nSPS) is 13.5. The Morgan fingerprint density at radius 3 is 2.61 bits per heavy atom. The maximum atomic E-state index is 12.4. The van der Waals surface area contributed by atoms with Crippen LogP contribution in [0.3, 0.4) is 0 Å². The molecular formula is C22H24N6O5. The van der Waals surface area contributed by atoms with Crippen molar-refractivity contribution in [2.24, 2.45) is 10.7 Å². The lowest BCUT2D eigenvalue weighted by Gasteiger charge is -2.14. The van der Waals surface area contributed by atoms with Gasteiger partial charge in [-0.25, -0.2) is 19.8 Å². The number of anilines is 1. The summed E-state index contributed by atoms with van der Waals surface area (Å²) in [6.45, 7) is 1.99. The number of rotatable bonds is 10. The number of hydrogen-bond acceptors (Lipinski definition) is 9. The topological polar surface area (TPSA) is 177 Å². The van der Waals surface area contributed by atoms with Gasteiger partial charge in [0.1, 0.15) is 17.7 Å². The molecule has 0 saturated carbocycles. The molecule has 0 bridgehead atoms. The first-order valence-electron chi connectivity index (χ1n) is 10.4. The van der Waals surface area contributed by atoms with Crippen molar-refractivity contribution in [1.82, 2.24) is 15.3 Å². The second-order valence-corrected chi connectivity index (χ2v) is 7.46. The Morgan fingerprint density at radius 2 is 1.94 bits per heavy atom. The first kappa shape index (κ1) is 23.5. The fourth-order valence-corrected chi connectivity index (χ4v) is 3.11. The van der Waals surface area contributed by atoms with Crippen LogP contribution < -0.4 is 16.4 Å². The molecule has 1 aliphatic heterocycles. The van der Waals surface area contributed by atoms with E-state index in [4.69, 9.17) is 5.73 Å². The molecule has 2 aromatic rings. The summed E-state index contributed by atoms with van der Waals surface area (Å²) in [7, 11) is 0. The van der Waals surface area contributed by atoms with Crippen LogP contribution in [-0.2, 0) is 16.1 Å². The summed E-state index contributed by atoms with van der Waals surface area (Å²) in [6, 6.07) is 5.28. The number of amidine groups is 1. The van der Waals surface area contributed by atoms with Crippen molar-refractivity contribution in [3.63, 3.8) is 0 Å². The average molecular weight is 452 g/mol. The largest absolute Gasteiger partial charge is 0.480 e. The Bertz CT molecular complexity index is 1110. The predicted octanol–water partition coefficient (Wildman–Crippen LogP) is 1.61. The maximum Gasteiger partial charge on any atom is 0.326 e. The lowest BCUT2D eigenvalue weighted by atomic mass is 10.1. The first-order chi connectivity index (χ1) is 15.8. The molecule has 0 fully saturated rings. The van der Waals surface area contributed by atoms with Crippen molar-refractivity contribution in [2.45, 2.75) is 45.2 Å². The molecule has 172 valence electrons. The SMILES string of the molecule is CCC(=O)CC[C@H](NC(=O)c1ccc(NCc2cnc3c(n2)C(=O)CC(N)=N3)cc1)C(=O)O. The van der Waals surface area contributed by atoms with Crippen LogP contribution in [0.5, 0.6) is 0 Å². The van der Waals surface area contributed by atoms with E-state index in [1.807, 2.05) is 0 Å². The van der Waals surface area contributed by atoms with E-state index in [2.05, 4.69) is 25.6 Å². The number of carboxylic acid groups (broad SMARTS) is 1. The summed E-state index contributed by atoms with van der Waals surface area (Å²) in [5.74, 6) is -1.61. The molecule has 0 unspecified atom stereocenters. The molecule has 11 heteroatoms. The number of amides is 1. The van der Waals surface area contributed by atoms with Gasteiger partial charge in [-0.1, -0.05) is 6.92 Å². The molecule has 2 heterocycles. The molecule has 0 saturated heterocycles. The lowest BCUT2D eigenvalue weighted by molar-refractivity contribution is -0.139. The number of aliphatic carboxylic acids is 1. The van der Waals surface area contributed by atoms with Gasteiger partial charge in [-0.3, -0.25) is 14.4 Å². The van der Waals surface area contributed by atoms with Crippen LogP contribution in [0, 0.1) is 0 Å². The van der Waals surface area contributed by atoms with Crippen molar-refractivity contribution >= 4 is 40.8 Å². The number of Topliss-reactive ketones (excluding diaryl/α,β-unsaturated/α-hetero) is 2. The van der Waals surface area contributed by atoms with Gasteiger partial charge in [0.05, 0.1) is 24.9 Å². The van der Waals surface area contributed by atoms with Gasteiger partial charge < -0.3 is 21.5 Å². The molecular weight excluding hydrogens is 428 g/mol. The summed E-state index contributed by atoms with van der Waals surface area (Å²) in [5.41, 5.74) is 7.28. The van der Waals surface area contributed by atoms with Gasteiger partial charge in [0.25, 0.3) is 5.91 Å². The van der Waals surface area contributed by atoms with Crippen molar-refractivity contribution in [3.05, 3.63) is 47.4 Å². The molecule has 1 aromatic carbocycles. The molecule has 5 N–H and O–H groups in total. The number of carbonyl (C=O) groups excluding carboxylic acids is 3. The molecule has 1 aliphatic rings. The lowest BCUT2D eigenvalue weighted by Crippen LogP contribution is -2.41. The monoisotopic (exact) mass is 452 g/mol. The highest BCUT2D eigenvalue weighted by molar-refractivity contribution is 6.13. The highest BCUT2D eigenvalue weighted by Crippen LogP contribution is 2.21. The molecule has 33 heavy (non-hydrogen) atoms. The van der Waals surface area contributed by atoms with Gasteiger partial charge in [-0.2, -0.15) is 0 Å². The van der Waals surface area contributed by atoms with Crippen LogP contribution in [0.2, 0.25) is 0 Å². The number of carboxylic acids is 1. The van der Waals surface area contributed by atoms with Crippen LogP contribution in [0.4, 0.5) is 11.5 Å². The third-order valence-electron chi connectivity index (χ3n) is 4.99. The number of ketones is 2. The van der Waals surface area contributed by atoms with Gasteiger partial charge in [0.2, 0.25) is 0 Å². The van der Waals surface area contributed by atoms with E-state index in [1.54, 1.807) is 31.2 Å². The number of fused-ring (bicyclic) bond motifs is 1. The zero-order chi connectivity index (χ0) is 24.0. The van der Waals surface area contributed by atoms with Gasteiger partial charge in [0, 0.05) is 24.1 Å². The smallest absolute Gasteiger partial charge is 0.326 e. The van der Waals surface area contributed by atoms with Crippen molar-refractivity contribution in [1.29, 1.82) is 0 Å². The number of nitrogens with two attached hydrogens (primary N) is 1. The van der Waals surface area contributed by atoms with E-state index >= 15 is 0 Å². The molecule has 1 aromatic heterocycles. The number of carbonyl (C=O) groups is 4. The standard InChI is InChI=1S/C22H24N6O5/c1-2-15(29)7-8-16(22(32)33)27-21(31)12-3-5-13(6-4-12)24-10-14-11-25-20-19(26-14)17(30)9-18(23)28-20/h3-6,11,16,24H,2,7-10H2,1H3,(H,27,31)(H,32,33)(H2,23,25,28)/t16-/m0/s1. The Kier molecular flexibility index (Phi) is 7.44. The molecule has 3 rings (SSSR count). The number of aromatic nitrogens is 2. The maximum absolute atomic E-state index is 12.4. The summed E-state index contributed by atoms with van der Waals surface area (Å²) in [6.07, 6.45) is 1.96. The van der Waals surface area contributed by atoms with E-state index in [0.717, 1.165) is 0 Å². The highest BCUT2D eigenvalue weighted by atomic mass is 16.4. The first-order valence-corrected chi connectivity index (χ1v) is 10.4. The van der Waals surface area contributed by atoms with Crippen LogP contribution in [0.15, 0.2) is 35.5 Å². The average Bonchev–Trinajstić information content (AvgIpc) is 2.80. The van der Waals surface area contributed by atoms with Gasteiger partial charge >= 0.3 is 5.97 Å². The Labute approximate surface area is 189 Å². The fraction of sp³-hybridized carbons (Fsp3) is 0.318. The highest BCUT2D eigenvalue weighted by Gasteiger charge is 2.22. The summed E-state index contributed by atoms with van der Waals surface area (Å²) in [4.78, 5) is 59.7. The molecule has 0 spiro atoms. The van der Waals surface area contributed by atoms with Gasteiger partial charge in [-0.15, -0.1) is 0 Å². The van der Waals surface area contributed by atoms with E-state index < -0.39 is 17.9 Å². The van der Waals surface area contributed by atoms with Crippen LogP contribution in [-0.4, -0.2) is 50.4 Å². The number of benzene rings is 1. The zero-order valence-corrected chi connectivity index (χ0v) is 18.0. The van der Waals surface area contributed by atoms with Crippen LogP contribution in [0.25, 0.3) is 0 Å². The minimum absolute atomic E-state index is 0.0136. The summed E-state index contributed by atoms with van der Waals surface area (Å²) < 4.78 is 0.